The average molecular weight is 240 g/mol. The third-order valence-electron chi connectivity index (χ3n) is 1.93. The third kappa shape index (κ3) is 3.98. The number of hydrogen-bond donors (Lipinski definition) is 3. The van der Waals surface area contributed by atoms with E-state index in [-0.39, 0.29) is 24.5 Å². The zero-order valence-electron chi connectivity index (χ0n) is 8.93. The van der Waals surface area contributed by atoms with E-state index in [1.807, 2.05) is 0 Å². The lowest BCUT2D eigenvalue weighted by Gasteiger charge is -2.01. The van der Waals surface area contributed by atoms with E-state index in [9.17, 15) is 14.4 Å². The highest BCUT2D eigenvalue weighted by Crippen LogP contribution is 2.07. The first-order valence-electron chi connectivity index (χ1n) is 4.90. The molecule has 0 aliphatic carbocycles. The first-order valence-corrected chi connectivity index (χ1v) is 4.90. The summed E-state index contributed by atoms with van der Waals surface area (Å²) in [5.74, 6) is -2.58. The number of rotatable bonds is 6. The molecule has 92 valence electrons. The van der Waals surface area contributed by atoms with Gasteiger partial charge in [0.05, 0.1) is 0 Å². The Balaban J connectivity index is 2.41. The highest BCUT2D eigenvalue weighted by molar-refractivity contribution is 5.93. The largest absolute Gasteiger partial charge is 0.475 e. The fourth-order valence-electron chi connectivity index (χ4n) is 1.13. The monoisotopic (exact) mass is 240 g/mol. The van der Waals surface area contributed by atoms with Crippen molar-refractivity contribution in [1.82, 2.24) is 5.32 Å². The zero-order chi connectivity index (χ0) is 12.8. The fraction of sp³-hybridized carbons (Fsp3) is 0.300. The fourth-order valence-corrected chi connectivity index (χ4v) is 1.13. The molecule has 0 unspecified atom stereocenters. The van der Waals surface area contributed by atoms with Crippen LogP contribution in [-0.4, -0.2) is 29.4 Å². The van der Waals surface area contributed by atoms with Gasteiger partial charge in [-0.25, -0.2) is 4.79 Å². The van der Waals surface area contributed by atoms with Gasteiger partial charge in [-0.15, -0.1) is 0 Å². The second kappa shape index (κ2) is 5.69. The van der Waals surface area contributed by atoms with Crippen LogP contribution in [0.25, 0.3) is 0 Å². The molecule has 1 rings (SSSR count). The number of carbonyl (C=O) groups is 3. The van der Waals surface area contributed by atoms with Crippen molar-refractivity contribution in [2.75, 3.05) is 6.54 Å². The highest BCUT2D eigenvalue weighted by Gasteiger charge is 2.14. The van der Waals surface area contributed by atoms with E-state index < -0.39 is 17.8 Å². The Bertz CT molecular complexity index is 438. The summed E-state index contributed by atoms with van der Waals surface area (Å²) in [6.45, 7) is 0.269. The van der Waals surface area contributed by atoms with Gasteiger partial charge in [0.25, 0.3) is 5.91 Å². The molecule has 0 saturated carbocycles. The van der Waals surface area contributed by atoms with Gasteiger partial charge in [-0.2, -0.15) is 0 Å². The van der Waals surface area contributed by atoms with Crippen molar-refractivity contribution in [2.24, 2.45) is 5.73 Å². The summed E-state index contributed by atoms with van der Waals surface area (Å²) in [6.07, 6.45) is 0.604. The number of nitrogens with one attached hydrogen (secondary N) is 1. The molecule has 0 aromatic carbocycles. The first-order chi connectivity index (χ1) is 8.00. The Morgan fingerprint density at radius 2 is 1.94 bits per heavy atom. The van der Waals surface area contributed by atoms with E-state index in [2.05, 4.69) is 5.32 Å². The molecule has 0 bridgehead atoms. The molecule has 1 aromatic heterocycles. The van der Waals surface area contributed by atoms with E-state index in [1.165, 1.54) is 12.1 Å². The smallest absolute Gasteiger partial charge is 0.371 e. The van der Waals surface area contributed by atoms with E-state index >= 15 is 0 Å². The number of amides is 2. The molecule has 1 heterocycles. The Hall–Kier alpha value is -2.31. The van der Waals surface area contributed by atoms with Crippen molar-refractivity contribution in [3.63, 3.8) is 0 Å². The van der Waals surface area contributed by atoms with Crippen LogP contribution in [0.2, 0.25) is 0 Å². The normalized spacial score (nSPS) is 9.88. The van der Waals surface area contributed by atoms with Crippen LogP contribution in [0.3, 0.4) is 0 Å². The quantitative estimate of drug-likeness (QED) is 0.602. The second-order valence-electron chi connectivity index (χ2n) is 3.29. The number of aromatic carboxylic acids is 1. The van der Waals surface area contributed by atoms with E-state index in [4.69, 9.17) is 15.3 Å². The zero-order valence-corrected chi connectivity index (χ0v) is 8.93. The summed E-state index contributed by atoms with van der Waals surface area (Å²) in [5, 5.41) is 11.1. The van der Waals surface area contributed by atoms with Crippen molar-refractivity contribution in [1.29, 1.82) is 0 Å². The number of carboxylic acids is 1. The van der Waals surface area contributed by atoms with Crippen molar-refractivity contribution < 1.29 is 23.9 Å². The predicted molar refractivity (Wildman–Crippen MR) is 56.4 cm³/mol. The number of furan rings is 1. The van der Waals surface area contributed by atoms with Crippen LogP contribution in [0.15, 0.2) is 16.5 Å². The molecular formula is C10H12N2O5. The van der Waals surface area contributed by atoms with Crippen molar-refractivity contribution in [2.45, 2.75) is 12.8 Å². The Labute approximate surface area is 96.6 Å². The highest BCUT2D eigenvalue weighted by atomic mass is 16.4. The summed E-state index contributed by atoms with van der Waals surface area (Å²) in [6, 6.07) is 2.47. The Morgan fingerprint density at radius 3 is 2.47 bits per heavy atom. The maximum absolute atomic E-state index is 11.4. The Kier molecular flexibility index (Phi) is 4.27. The third-order valence-corrected chi connectivity index (χ3v) is 1.93. The minimum absolute atomic E-state index is 0.0820. The number of primary amides is 1. The van der Waals surface area contributed by atoms with Gasteiger partial charge in [-0.1, -0.05) is 0 Å². The van der Waals surface area contributed by atoms with Crippen LogP contribution in [0.4, 0.5) is 0 Å². The number of hydrogen-bond acceptors (Lipinski definition) is 4. The van der Waals surface area contributed by atoms with Crippen molar-refractivity contribution >= 4 is 17.8 Å². The lowest BCUT2D eigenvalue weighted by molar-refractivity contribution is -0.118. The van der Waals surface area contributed by atoms with Crippen molar-refractivity contribution in [3.8, 4) is 0 Å². The van der Waals surface area contributed by atoms with Crippen LogP contribution in [0, 0.1) is 0 Å². The number of nitrogens with two attached hydrogens (primary N) is 1. The van der Waals surface area contributed by atoms with Gasteiger partial charge in [0, 0.05) is 13.0 Å². The minimum Gasteiger partial charge on any atom is -0.475 e. The predicted octanol–water partition coefficient (Wildman–Crippen LogP) is -0.0269. The molecule has 0 fully saturated rings. The molecule has 0 atom stereocenters. The maximum Gasteiger partial charge on any atom is 0.371 e. The summed E-state index contributed by atoms with van der Waals surface area (Å²) >= 11 is 0. The van der Waals surface area contributed by atoms with Crippen molar-refractivity contribution in [3.05, 3.63) is 23.7 Å². The molecule has 0 aliphatic rings. The molecule has 4 N–H and O–H groups in total. The molecule has 0 spiro atoms. The maximum atomic E-state index is 11.4. The first kappa shape index (κ1) is 12.8. The topological polar surface area (TPSA) is 123 Å². The standard InChI is InChI=1S/C10H12N2O5/c11-8(13)2-1-5-12-9(14)6-3-4-7(17-6)10(15)16/h3-4H,1-2,5H2,(H2,11,13)(H,12,14)(H,15,16). The van der Waals surface area contributed by atoms with Crippen LogP contribution in [0.1, 0.15) is 34.0 Å². The molecule has 0 aliphatic heterocycles. The Morgan fingerprint density at radius 1 is 1.29 bits per heavy atom. The molecule has 0 saturated heterocycles. The van der Waals surface area contributed by atoms with E-state index in [0.717, 1.165) is 0 Å². The molecule has 17 heavy (non-hydrogen) atoms. The summed E-state index contributed by atoms with van der Waals surface area (Å²) in [4.78, 5) is 32.3. The van der Waals surface area contributed by atoms with Gasteiger partial charge in [-0.3, -0.25) is 9.59 Å². The van der Waals surface area contributed by atoms with Gasteiger partial charge in [0.15, 0.2) is 5.76 Å². The van der Waals surface area contributed by atoms with Crippen LogP contribution in [0.5, 0.6) is 0 Å². The number of carboxylic acid groups (broad SMARTS) is 1. The molecule has 7 nitrogen and oxygen atoms in total. The molecule has 7 heteroatoms. The minimum atomic E-state index is -1.24. The number of carbonyl (C=O) groups excluding carboxylic acids is 2. The van der Waals surface area contributed by atoms with Gasteiger partial charge in [-0.05, 0) is 18.6 Å². The summed E-state index contributed by atoms with van der Waals surface area (Å²) in [7, 11) is 0. The van der Waals surface area contributed by atoms with E-state index in [0.29, 0.717) is 6.42 Å². The lowest BCUT2D eigenvalue weighted by atomic mass is 10.3. The lowest BCUT2D eigenvalue weighted by Crippen LogP contribution is -2.25. The molecule has 2 amide bonds. The van der Waals surface area contributed by atoms with Gasteiger partial charge < -0.3 is 20.6 Å². The molecular weight excluding hydrogens is 228 g/mol. The SMILES string of the molecule is NC(=O)CCCNC(=O)c1ccc(C(=O)O)o1. The van der Waals surface area contributed by atoms with Gasteiger partial charge in [0.2, 0.25) is 11.7 Å². The van der Waals surface area contributed by atoms with E-state index in [1.54, 1.807) is 0 Å². The van der Waals surface area contributed by atoms with Gasteiger partial charge in [0.1, 0.15) is 0 Å². The van der Waals surface area contributed by atoms with Gasteiger partial charge >= 0.3 is 5.97 Å². The molecule has 0 radical (unpaired) electrons. The molecule has 1 aromatic rings. The van der Waals surface area contributed by atoms with Crippen LogP contribution in [-0.2, 0) is 4.79 Å². The van der Waals surface area contributed by atoms with Crippen LogP contribution >= 0.6 is 0 Å². The van der Waals surface area contributed by atoms with Crippen LogP contribution < -0.4 is 11.1 Å². The summed E-state index contributed by atoms with van der Waals surface area (Å²) < 4.78 is 4.78. The second-order valence-corrected chi connectivity index (χ2v) is 3.29. The summed E-state index contributed by atoms with van der Waals surface area (Å²) in [5.41, 5.74) is 4.92. The average Bonchev–Trinajstić information content (AvgIpc) is 2.73.